The number of benzene rings is 1. The van der Waals surface area contributed by atoms with Crippen LogP contribution in [0.2, 0.25) is 0 Å². The molecule has 5 N–H and O–H groups in total. The quantitative estimate of drug-likeness (QED) is 0.421. The first kappa shape index (κ1) is 16.4. The molecule has 0 aliphatic carbocycles. The van der Waals surface area contributed by atoms with Crippen molar-refractivity contribution < 1.29 is 30.0 Å². The lowest BCUT2D eigenvalue weighted by Crippen LogP contribution is -2.48. The average molecular weight is 310 g/mol. The Hall–Kier alpha value is -2.00. The number of hydrogen-bond acceptors (Lipinski definition) is 6. The number of amides is 2. The Kier molecular flexibility index (Phi) is 5.09. The molecule has 1 aromatic carbocycles. The Morgan fingerprint density at radius 1 is 1.14 bits per heavy atom. The minimum Gasteiger partial charge on any atom is -0.394 e. The molecule has 0 radical (unpaired) electrons. The highest BCUT2D eigenvalue weighted by molar-refractivity contribution is 6.09. The summed E-state index contributed by atoms with van der Waals surface area (Å²) in [6.07, 6.45) is -4.61. The molecular formula is C14H18N2O6. The average Bonchev–Trinajstić information content (AvgIpc) is 2.65. The second kappa shape index (κ2) is 6.84. The highest BCUT2D eigenvalue weighted by Gasteiger charge is 2.31. The Morgan fingerprint density at radius 2 is 1.82 bits per heavy atom. The Bertz CT molecular complexity index is 564. The Morgan fingerprint density at radius 3 is 2.50 bits per heavy atom. The van der Waals surface area contributed by atoms with E-state index in [4.69, 9.17) is 5.11 Å². The van der Waals surface area contributed by atoms with Gasteiger partial charge in [0.15, 0.2) is 0 Å². The maximum Gasteiger partial charge on any atom is 0.253 e. The van der Waals surface area contributed by atoms with E-state index in [9.17, 15) is 24.9 Å². The monoisotopic (exact) mass is 310 g/mol. The molecule has 0 saturated heterocycles. The summed E-state index contributed by atoms with van der Waals surface area (Å²) in [4.78, 5) is 25.2. The van der Waals surface area contributed by atoms with Crippen LogP contribution in [-0.2, 0) is 4.79 Å². The fourth-order valence-electron chi connectivity index (χ4n) is 2.24. The summed E-state index contributed by atoms with van der Waals surface area (Å²) in [5.41, 5.74) is 0.588. The minimum atomic E-state index is -1.61. The van der Waals surface area contributed by atoms with Crippen LogP contribution in [0.1, 0.15) is 10.4 Å². The number of aliphatic hydroxyl groups is 4. The topological polar surface area (TPSA) is 130 Å². The molecular weight excluding hydrogens is 292 g/mol. The van der Waals surface area contributed by atoms with E-state index >= 15 is 0 Å². The number of nitrogens with one attached hydrogen (secondary N) is 1. The molecule has 0 saturated carbocycles. The zero-order chi connectivity index (χ0) is 16.3. The molecule has 22 heavy (non-hydrogen) atoms. The largest absolute Gasteiger partial charge is 0.394 e. The van der Waals surface area contributed by atoms with Gasteiger partial charge in [-0.25, -0.2) is 0 Å². The van der Waals surface area contributed by atoms with Crippen LogP contribution in [0.25, 0.3) is 0 Å². The third-order valence-corrected chi connectivity index (χ3v) is 3.49. The number of fused-ring (bicyclic) bond motifs is 1. The van der Waals surface area contributed by atoms with E-state index in [1.54, 1.807) is 24.3 Å². The van der Waals surface area contributed by atoms with Crippen LogP contribution < -0.4 is 10.2 Å². The second-order valence-corrected chi connectivity index (χ2v) is 5.01. The highest BCUT2D eigenvalue weighted by Crippen LogP contribution is 2.23. The molecule has 120 valence electrons. The summed E-state index contributed by atoms with van der Waals surface area (Å²) in [6.45, 7) is -1.27. The number of aliphatic hydroxyl groups excluding tert-OH is 4. The minimum absolute atomic E-state index is 0.237. The first-order valence-corrected chi connectivity index (χ1v) is 6.78. The van der Waals surface area contributed by atoms with Crippen molar-refractivity contribution in [1.82, 2.24) is 5.32 Å². The number of hydrogen-bond donors (Lipinski definition) is 5. The van der Waals surface area contributed by atoms with Gasteiger partial charge in [0.1, 0.15) is 18.3 Å². The van der Waals surface area contributed by atoms with Gasteiger partial charge in [-0.05, 0) is 12.1 Å². The maximum absolute atomic E-state index is 12.1. The van der Waals surface area contributed by atoms with Gasteiger partial charge in [0.05, 0.1) is 30.9 Å². The molecule has 0 unspecified atom stereocenters. The van der Waals surface area contributed by atoms with E-state index in [2.05, 4.69) is 5.32 Å². The van der Waals surface area contributed by atoms with Crippen LogP contribution >= 0.6 is 0 Å². The van der Waals surface area contributed by atoms with Gasteiger partial charge in [-0.15, -0.1) is 0 Å². The number of rotatable bonds is 5. The van der Waals surface area contributed by atoms with E-state index in [-0.39, 0.29) is 18.7 Å². The molecule has 2 rings (SSSR count). The number of carbonyl (C=O) groups excluding carboxylic acids is 2. The third kappa shape index (κ3) is 3.25. The van der Waals surface area contributed by atoms with Crippen LogP contribution in [0.3, 0.4) is 0 Å². The molecule has 8 nitrogen and oxygen atoms in total. The molecule has 8 heteroatoms. The zero-order valence-electron chi connectivity index (χ0n) is 11.7. The van der Waals surface area contributed by atoms with Gasteiger partial charge >= 0.3 is 0 Å². The Balaban J connectivity index is 2.26. The standard InChI is InChI=1S/C14H18N2O6/c17-7-11(19)13(21)10(18)6-16-9-4-2-1-3-8(9)14(22)15-5-12(16)20/h1-4,10-11,13,17-19,21H,5-7H2,(H,15,22)/t10-,11+,13+/m0/s1. The van der Waals surface area contributed by atoms with Crippen molar-refractivity contribution in [2.45, 2.75) is 18.3 Å². The summed E-state index contributed by atoms with van der Waals surface area (Å²) in [6, 6.07) is 6.39. The predicted molar refractivity (Wildman–Crippen MR) is 76.2 cm³/mol. The summed E-state index contributed by atoms with van der Waals surface area (Å²) >= 11 is 0. The second-order valence-electron chi connectivity index (χ2n) is 5.01. The van der Waals surface area contributed by atoms with Gasteiger partial charge < -0.3 is 30.6 Å². The predicted octanol–water partition coefficient (Wildman–Crippen LogP) is -2.16. The highest BCUT2D eigenvalue weighted by atomic mass is 16.4. The fourth-order valence-corrected chi connectivity index (χ4v) is 2.24. The van der Waals surface area contributed by atoms with Crippen LogP contribution in [0.15, 0.2) is 24.3 Å². The van der Waals surface area contributed by atoms with Crippen molar-refractivity contribution >= 4 is 17.5 Å². The van der Waals surface area contributed by atoms with Gasteiger partial charge in [0.25, 0.3) is 5.91 Å². The number of carbonyl (C=O) groups is 2. The molecule has 0 fully saturated rings. The van der Waals surface area contributed by atoms with E-state index in [1.807, 2.05) is 0 Å². The van der Waals surface area contributed by atoms with Crippen molar-refractivity contribution in [3.05, 3.63) is 29.8 Å². The van der Waals surface area contributed by atoms with E-state index in [1.165, 1.54) is 4.90 Å². The van der Waals surface area contributed by atoms with Gasteiger partial charge in [0, 0.05) is 0 Å². The summed E-state index contributed by atoms with van der Waals surface area (Å²) in [7, 11) is 0. The summed E-state index contributed by atoms with van der Waals surface area (Å²) in [5.74, 6) is -0.861. The fraction of sp³-hybridized carbons (Fsp3) is 0.429. The van der Waals surface area contributed by atoms with Crippen molar-refractivity contribution in [2.75, 3.05) is 24.6 Å². The summed E-state index contributed by atoms with van der Waals surface area (Å²) < 4.78 is 0. The number of nitrogens with zero attached hydrogens (tertiary/aromatic N) is 1. The molecule has 3 atom stereocenters. The lowest BCUT2D eigenvalue weighted by molar-refractivity contribution is -0.118. The molecule has 0 bridgehead atoms. The molecule has 2 amide bonds. The first-order chi connectivity index (χ1) is 10.5. The Labute approximate surface area is 126 Å². The van der Waals surface area contributed by atoms with Crippen LogP contribution in [-0.4, -0.2) is 70.2 Å². The zero-order valence-corrected chi connectivity index (χ0v) is 11.7. The molecule has 0 spiro atoms. The maximum atomic E-state index is 12.1. The lowest BCUT2D eigenvalue weighted by Gasteiger charge is -2.28. The van der Waals surface area contributed by atoms with E-state index in [0.717, 1.165) is 0 Å². The summed E-state index contributed by atoms with van der Waals surface area (Å²) in [5, 5.41) is 40.2. The van der Waals surface area contributed by atoms with Gasteiger partial charge in [-0.1, -0.05) is 12.1 Å². The first-order valence-electron chi connectivity index (χ1n) is 6.78. The van der Waals surface area contributed by atoms with Gasteiger partial charge in [-0.2, -0.15) is 0 Å². The third-order valence-electron chi connectivity index (χ3n) is 3.49. The number of para-hydroxylation sites is 1. The van der Waals surface area contributed by atoms with Crippen molar-refractivity contribution in [3.63, 3.8) is 0 Å². The molecule has 1 aliphatic rings. The van der Waals surface area contributed by atoms with E-state index < -0.39 is 36.7 Å². The van der Waals surface area contributed by atoms with Crippen molar-refractivity contribution in [2.24, 2.45) is 0 Å². The number of β-amino-alcohol motifs (C(OH)–C–C–N with tert-alkyl or cyclic N) is 1. The molecule has 1 aliphatic heterocycles. The van der Waals surface area contributed by atoms with Crippen molar-refractivity contribution in [1.29, 1.82) is 0 Å². The normalized spacial score (nSPS) is 19.0. The van der Waals surface area contributed by atoms with Crippen LogP contribution in [0.4, 0.5) is 5.69 Å². The van der Waals surface area contributed by atoms with Gasteiger partial charge in [0.2, 0.25) is 5.91 Å². The molecule has 0 aromatic heterocycles. The lowest BCUT2D eigenvalue weighted by atomic mass is 10.1. The molecule has 1 aromatic rings. The van der Waals surface area contributed by atoms with E-state index in [0.29, 0.717) is 5.69 Å². The van der Waals surface area contributed by atoms with Crippen molar-refractivity contribution in [3.8, 4) is 0 Å². The molecule has 1 heterocycles. The van der Waals surface area contributed by atoms with Crippen LogP contribution in [0, 0.1) is 0 Å². The SMILES string of the molecule is O=C1NCC(=O)N(C[C@H](O)[C@@H](O)[C@H](O)CO)c2ccccc21. The van der Waals surface area contributed by atoms with Gasteiger partial charge in [-0.3, -0.25) is 9.59 Å². The smallest absolute Gasteiger partial charge is 0.253 e. The number of anilines is 1. The van der Waals surface area contributed by atoms with Crippen LogP contribution in [0.5, 0.6) is 0 Å².